The fourth-order valence-corrected chi connectivity index (χ4v) is 1.25. The van der Waals surface area contributed by atoms with E-state index in [0.717, 1.165) is 0 Å². The van der Waals surface area contributed by atoms with Crippen LogP contribution in [-0.4, -0.2) is 28.6 Å². The highest BCUT2D eigenvalue weighted by Gasteiger charge is 2.17. The van der Waals surface area contributed by atoms with Gasteiger partial charge in [0.25, 0.3) is 5.78 Å². The van der Waals surface area contributed by atoms with Gasteiger partial charge >= 0.3 is 12.1 Å². The fourth-order valence-electron chi connectivity index (χ4n) is 1.25. The SMILES string of the molecule is CC(C)(C)OC(=O)Nc1ccc(C(=O)C(=O)O)cc1. The van der Waals surface area contributed by atoms with Gasteiger partial charge in [0.05, 0.1) is 0 Å². The summed E-state index contributed by atoms with van der Waals surface area (Å²) in [5, 5.41) is 11.0. The van der Waals surface area contributed by atoms with E-state index in [1.165, 1.54) is 24.3 Å². The number of aliphatic carboxylic acids is 1. The van der Waals surface area contributed by atoms with E-state index in [-0.39, 0.29) is 5.56 Å². The predicted molar refractivity (Wildman–Crippen MR) is 68.3 cm³/mol. The minimum absolute atomic E-state index is 0.0437. The van der Waals surface area contributed by atoms with Crippen molar-refractivity contribution in [1.29, 1.82) is 0 Å². The molecule has 0 aliphatic heterocycles. The fraction of sp³-hybridized carbons (Fsp3) is 0.308. The highest BCUT2D eigenvalue weighted by molar-refractivity contribution is 6.39. The number of amides is 1. The molecule has 1 rings (SSSR count). The number of ketones is 1. The summed E-state index contributed by atoms with van der Waals surface area (Å²) in [5.74, 6) is -2.52. The lowest BCUT2D eigenvalue weighted by molar-refractivity contribution is -0.131. The maximum Gasteiger partial charge on any atom is 0.412 e. The normalized spacial score (nSPS) is 10.7. The molecule has 0 aromatic heterocycles. The molecule has 0 saturated carbocycles. The van der Waals surface area contributed by atoms with Gasteiger partial charge in [0.2, 0.25) is 0 Å². The lowest BCUT2D eigenvalue weighted by Crippen LogP contribution is -2.27. The average molecular weight is 265 g/mol. The third-order valence-electron chi connectivity index (χ3n) is 1.99. The van der Waals surface area contributed by atoms with E-state index >= 15 is 0 Å². The van der Waals surface area contributed by atoms with Crippen LogP contribution in [-0.2, 0) is 9.53 Å². The molecule has 0 fully saturated rings. The molecule has 0 unspecified atom stereocenters. The molecule has 1 aromatic carbocycles. The van der Waals surface area contributed by atoms with E-state index in [1.54, 1.807) is 20.8 Å². The largest absolute Gasteiger partial charge is 0.475 e. The topological polar surface area (TPSA) is 92.7 Å². The van der Waals surface area contributed by atoms with Crippen LogP contribution in [0.15, 0.2) is 24.3 Å². The molecule has 0 radical (unpaired) electrons. The second kappa shape index (κ2) is 5.51. The molecule has 0 atom stereocenters. The zero-order valence-corrected chi connectivity index (χ0v) is 10.9. The molecule has 6 heteroatoms. The second-order valence-corrected chi connectivity index (χ2v) is 4.84. The van der Waals surface area contributed by atoms with Crippen molar-refractivity contribution in [2.24, 2.45) is 0 Å². The van der Waals surface area contributed by atoms with Gasteiger partial charge in [-0.05, 0) is 45.0 Å². The van der Waals surface area contributed by atoms with Crippen LogP contribution in [0.2, 0.25) is 0 Å². The monoisotopic (exact) mass is 265 g/mol. The summed E-state index contributed by atoms with van der Waals surface area (Å²) in [4.78, 5) is 33.1. The van der Waals surface area contributed by atoms with Crippen molar-refractivity contribution in [1.82, 2.24) is 0 Å². The highest BCUT2D eigenvalue weighted by atomic mass is 16.6. The first-order chi connectivity index (χ1) is 8.69. The van der Waals surface area contributed by atoms with Gasteiger partial charge < -0.3 is 9.84 Å². The van der Waals surface area contributed by atoms with Gasteiger partial charge in [-0.15, -0.1) is 0 Å². The molecule has 1 amide bonds. The lowest BCUT2D eigenvalue weighted by atomic mass is 10.1. The maximum absolute atomic E-state index is 11.5. The van der Waals surface area contributed by atoms with Gasteiger partial charge in [0, 0.05) is 11.3 Å². The van der Waals surface area contributed by atoms with Crippen LogP contribution in [0.4, 0.5) is 10.5 Å². The van der Waals surface area contributed by atoms with Crippen molar-refractivity contribution in [3.05, 3.63) is 29.8 Å². The first-order valence-corrected chi connectivity index (χ1v) is 5.57. The van der Waals surface area contributed by atoms with Crippen LogP contribution < -0.4 is 5.32 Å². The van der Waals surface area contributed by atoms with E-state index in [2.05, 4.69) is 5.32 Å². The van der Waals surface area contributed by atoms with Crippen LogP contribution in [0, 0.1) is 0 Å². The molecule has 0 aliphatic carbocycles. The van der Waals surface area contributed by atoms with Crippen molar-refractivity contribution in [2.45, 2.75) is 26.4 Å². The van der Waals surface area contributed by atoms with E-state index in [4.69, 9.17) is 9.84 Å². The van der Waals surface area contributed by atoms with E-state index in [1.807, 2.05) is 0 Å². The number of carboxylic acids is 1. The maximum atomic E-state index is 11.5. The zero-order chi connectivity index (χ0) is 14.6. The standard InChI is InChI=1S/C13H15NO5/c1-13(2,3)19-12(18)14-9-6-4-8(5-7-9)10(15)11(16)17/h4-7H,1-3H3,(H,14,18)(H,16,17). The molecule has 6 nitrogen and oxygen atoms in total. The van der Waals surface area contributed by atoms with Crippen molar-refractivity contribution in [3.8, 4) is 0 Å². The summed E-state index contributed by atoms with van der Waals surface area (Å²) < 4.78 is 5.05. The predicted octanol–water partition coefficient (Wildman–Crippen LogP) is 2.30. The minimum atomic E-state index is -1.52. The average Bonchev–Trinajstić information content (AvgIpc) is 2.26. The van der Waals surface area contributed by atoms with Crippen LogP contribution in [0.25, 0.3) is 0 Å². The Morgan fingerprint density at radius 1 is 1.11 bits per heavy atom. The van der Waals surface area contributed by atoms with E-state index in [9.17, 15) is 14.4 Å². The van der Waals surface area contributed by atoms with Gasteiger partial charge in [-0.2, -0.15) is 0 Å². The molecule has 0 bridgehead atoms. The number of nitrogens with one attached hydrogen (secondary N) is 1. The van der Waals surface area contributed by atoms with E-state index < -0.39 is 23.4 Å². The Morgan fingerprint density at radius 2 is 1.63 bits per heavy atom. The Morgan fingerprint density at radius 3 is 2.05 bits per heavy atom. The molecule has 102 valence electrons. The minimum Gasteiger partial charge on any atom is -0.475 e. The Hall–Kier alpha value is -2.37. The number of hydrogen-bond acceptors (Lipinski definition) is 4. The Balaban J connectivity index is 2.70. The third kappa shape index (κ3) is 4.79. The first-order valence-electron chi connectivity index (χ1n) is 5.57. The Labute approximate surface area is 110 Å². The van der Waals surface area contributed by atoms with Gasteiger partial charge in [-0.1, -0.05) is 0 Å². The number of carboxylic acid groups (broad SMARTS) is 1. The molecule has 0 spiro atoms. The molecular formula is C13H15NO5. The molecule has 0 aliphatic rings. The number of Topliss-reactive ketones (excluding diaryl/α,β-unsaturated/α-hetero) is 1. The Bertz CT molecular complexity index is 499. The summed E-state index contributed by atoms with van der Waals surface area (Å²) in [7, 11) is 0. The highest BCUT2D eigenvalue weighted by Crippen LogP contribution is 2.13. The van der Waals surface area contributed by atoms with Crippen LogP contribution in [0.3, 0.4) is 0 Å². The number of carbonyl (C=O) groups excluding carboxylic acids is 2. The molecule has 0 heterocycles. The van der Waals surface area contributed by atoms with Gasteiger partial charge in [0.15, 0.2) is 0 Å². The van der Waals surface area contributed by atoms with Crippen molar-refractivity contribution in [3.63, 3.8) is 0 Å². The second-order valence-electron chi connectivity index (χ2n) is 4.84. The molecule has 0 saturated heterocycles. The molecule has 2 N–H and O–H groups in total. The number of benzene rings is 1. The number of anilines is 1. The smallest absolute Gasteiger partial charge is 0.412 e. The molecular weight excluding hydrogens is 250 g/mol. The number of ether oxygens (including phenoxy) is 1. The zero-order valence-electron chi connectivity index (χ0n) is 10.9. The first kappa shape index (κ1) is 14.7. The molecule has 1 aromatic rings. The van der Waals surface area contributed by atoms with Gasteiger partial charge in [-0.3, -0.25) is 10.1 Å². The van der Waals surface area contributed by atoms with Crippen LogP contribution >= 0.6 is 0 Å². The summed E-state index contributed by atoms with van der Waals surface area (Å²) >= 11 is 0. The van der Waals surface area contributed by atoms with Gasteiger partial charge in [0.1, 0.15) is 5.60 Å². The Kier molecular flexibility index (Phi) is 4.26. The third-order valence-corrected chi connectivity index (χ3v) is 1.99. The molecule has 19 heavy (non-hydrogen) atoms. The quantitative estimate of drug-likeness (QED) is 0.646. The lowest BCUT2D eigenvalue weighted by Gasteiger charge is -2.19. The number of hydrogen-bond donors (Lipinski definition) is 2. The number of rotatable bonds is 3. The van der Waals surface area contributed by atoms with Crippen LogP contribution in [0.5, 0.6) is 0 Å². The van der Waals surface area contributed by atoms with E-state index in [0.29, 0.717) is 5.69 Å². The van der Waals surface area contributed by atoms with Gasteiger partial charge in [-0.25, -0.2) is 9.59 Å². The summed E-state index contributed by atoms with van der Waals surface area (Å²) in [6.45, 7) is 5.21. The summed E-state index contributed by atoms with van der Waals surface area (Å²) in [6.07, 6.45) is -0.621. The van der Waals surface area contributed by atoms with Crippen molar-refractivity contribution in [2.75, 3.05) is 5.32 Å². The summed E-state index contributed by atoms with van der Waals surface area (Å²) in [6, 6.07) is 5.51. The number of carbonyl (C=O) groups is 3. The van der Waals surface area contributed by atoms with Crippen molar-refractivity contribution >= 4 is 23.5 Å². The van der Waals surface area contributed by atoms with Crippen molar-refractivity contribution < 1.29 is 24.2 Å². The van der Waals surface area contributed by atoms with Crippen LogP contribution in [0.1, 0.15) is 31.1 Å². The summed E-state index contributed by atoms with van der Waals surface area (Å²) in [5.41, 5.74) is -0.151.